The van der Waals surface area contributed by atoms with Crippen LogP contribution in [0.25, 0.3) is 6.08 Å². The van der Waals surface area contributed by atoms with Crippen LogP contribution in [-0.4, -0.2) is 31.1 Å². The van der Waals surface area contributed by atoms with Gasteiger partial charge in [-0.1, -0.05) is 30.3 Å². The van der Waals surface area contributed by atoms with Crippen LogP contribution in [0.2, 0.25) is 0 Å². The molecule has 11 heteroatoms. The predicted octanol–water partition coefficient (Wildman–Crippen LogP) is 4.36. The maximum atomic E-state index is 13.5. The summed E-state index contributed by atoms with van der Waals surface area (Å²) in [5.74, 6) is -1.77. The molecule has 1 atom stereocenters. The Balaban J connectivity index is 2.47. The minimum Gasteiger partial charge on any atom is -0.376 e. The highest BCUT2D eigenvalue weighted by atomic mass is 32.2. The number of halogens is 6. The fourth-order valence-electron chi connectivity index (χ4n) is 2.46. The van der Waals surface area contributed by atoms with Crippen molar-refractivity contribution in [3.8, 4) is 6.07 Å². The van der Waals surface area contributed by atoms with Crippen molar-refractivity contribution >= 4 is 15.9 Å². The Morgan fingerprint density at radius 2 is 1.60 bits per heavy atom. The molecule has 0 radical (unpaired) electrons. The largest absolute Gasteiger partial charge is 0.421 e. The third-order valence-corrected chi connectivity index (χ3v) is 5.83. The summed E-state index contributed by atoms with van der Waals surface area (Å²) in [7, 11) is -4.59. The minimum absolute atomic E-state index is 0.0784. The van der Waals surface area contributed by atoms with Crippen molar-refractivity contribution in [2.24, 2.45) is 0 Å². The van der Waals surface area contributed by atoms with Gasteiger partial charge in [0.25, 0.3) is 0 Å². The van der Waals surface area contributed by atoms with Gasteiger partial charge in [0.1, 0.15) is 0 Å². The molecular weight excluding hydrogens is 436 g/mol. The van der Waals surface area contributed by atoms with E-state index >= 15 is 0 Å². The zero-order chi connectivity index (χ0) is 22.8. The van der Waals surface area contributed by atoms with Crippen LogP contribution < -0.4 is 0 Å². The Kier molecular flexibility index (Phi) is 6.34. The highest BCUT2D eigenvalue weighted by molar-refractivity contribution is 7.91. The van der Waals surface area contributed by atoms with Crippen LogP contribution in [-0.2, 0) is 16.0 Å². The molecule has 0 fully saturated rings. The molecule has 2 aromatic rings. The first kappa shape index (κ1) is 23.4. The fraction of sp³-hybridized carbons (Fsp3) is 0.211. The van der Waals surface area contributed by atoms with Gasteiger partial charge in [-0.25, -0.2) is 8.42 Å². The molecular formula is C19H13F6NO3S. The molecule has 2 aromatic carbocycles. The lowest BCUT2D eigenvalue weighted by Crippen LogP contribution is -2.48. The molecule has 1 unspecified atom stereocenters. The predicted molar refractivity (Wildman–Crippen MR) is 94.7 cm³/mol. The smallest absolute Gasteiger partial charge is 0.376 e. The first-order chi connectivity index (χ1) is 13.7. The monoisotopic (exact) mass is 449 g/mol. The van der Waals surface area contributed by atoms with Gasteiger partial charge >= 0.3 is 12.4 Å². The average molecular weight is 449 g/mol. The Hall–Kier alpha value is -2.84. The second-order valence-corrected chi connectivity index (χ2v) is 8.23. The summed E-state index contributed by atoms with van der Waals surface area (Å²) in [5, 5.41) is 18.8. The Morgan fingerprint density at radius 1 is 1.00 bits per heavy atom. The summed E-state index contributed by atoms with van der Waals surface area (Å²) in [6, 6.07) is 9.55. The lowest BCUT2D eigenvalue weighted by Gasteiger charge is -2.27. The van der Waals surface area contributed by atoms with Crippen LogP contribution in [0.1, 0.15) is 16.7 Å². The first-order valence-electron chi connectivity index (χ1n) is 8.07. The minimum atomic E-state index is -5.44. The van der Waals surface area contributed by atoms with Crippen molar-refractivity contribution < 1.29 is 39.9 Å². The van der Waals surface area contributed by atoms with E-state index in [0.29, 0.717) is 12.1 Å². The number of nitriles is 1. The molecule has 0 aliphatic carbocycles. The number of nitrogens with zero attached hydrogens (tertiary/aromatic N) is 1. The normalized spacial score (nSPS) is 15.0. The van der Waals surface area contributed by atoms with Crippen molar-refractivity contribution in [3.05, 3.63) is 71.3 Å². The van der Waals surface area contributed by atoms with Gasteiger partial charge in [-0.3, -0.25) is 0 Å². The standard InChI is InChI=1S/C19H13F6NO3S/c20-18(21,22)16-10-13(6-7-14(16)11-26)8-9-17(27,19(23,24)25)12-30(28,29)15-4-2-1-3-5-15/h1-10,27H,12H2/b9-8+. The van der Waals surface area contributed by atoms with E-state index in [2.05, 4.69) is 0 Å². The van der Waals surface area contributed by atoms with Crippen LogP contribution in [0.3, 0.4) is 0 Å². The molecule has 0 amide bonds. The number of aliphatic hydroxyl groups is 1. The molecule has 0 saturated carbocycles. The Labute approximate surface area is 167 Å². The van der Waals surface area contributed by atoms with Crippen molar-refractivity contribution in [2.75, 3.05) is 5.75 Å². The average Bonchev–Trinajstić information content (AvgIpc) is 2.65. The van der Waals surface area contributed by atoms with E-state index in [0.717, 1.165) is 24.3 Å². The van der Waals surface area contributed by atoms with E-state index < -0.39 is 55.1 Å². The van der Waals surface area contributed by atoms with Crippen molar-refractivity contribution in [2.45, 2.75) is 22.8 Å². The summed E-state index contributed by atoms with van der Waals surface area (Å²) in [6.07, 6.45) is -9.78. The third kappa shape index (κ3) is 5.20. The van der Waals surface area contributed by atoms with Crippen LogP contribution in [0, 0.1) is 11.3 Å². The van der Waals surface area contributed by atoms with E-state index in [9.17, 15) is 39.9 Å². The number of rotatable bonds is 5. The van der Waals surface area contributed by atoms with E-state index in [1.54, 1.807) is 0 Å². The van der Waals surface area contributed by atoms with E-state index in [4.69, 9.17) is 5.26 Å². The van der Waals surface area contributed by atoms with Crippen molar-refractivity contribution in [1.82, 2.24) is 0 Å². The van der Waals surface area contributed by atoms with Gasteiger partial charge < -0.3 is 5.11 Å². The Morgan fingerprint density at radius 3 is 2.10 bits per heavy atom. The van der Waals surface area contributed by atoms with Crippen LogP contribution >= 0.6 is 0 Å². The van der Waals surface area contributed by atoms with Gasteiger partial charge in [0.05, 0.1) is 27.8 Å². The van der Waals surface area contributed by atoms with Gasteiger partial charge in [-0.05, 0) is 35.9 Å². The van der Waals surface area contributed by atoms with Gasteiger partial charge in [-0.2, -0.15) is 31.6 Å². The number of sulfone groups is 1. The van der Waals surface area contributed by atoms with Gasteiger partial charge in [0.2, 0.25) is 0 Å². The summed E-state index contributed by atoms with van der Waals surface area (Å²) < 4.78 is 104. The fourth-order valence-corrected chi connectivity index (χ4v) is 4.03. The summed E-state index contributed by atoms with van der Waals surface area (Å²) in [5.41, 5.74) is -6.40. The zero-order valence-electron chi connectivity index (χ0n) is 14.9. The zero-order valence-corrected chi connectivity index (χ0v) is 15.7. The molecule has 4 nitrogen and oxygen atoms in total. The van der Waals surface area contributed by atoms with Gasteiger partial charge in [-0.15, -0.1) is 0 Å². The highest BCUT2D eigenvalue weighted by Crippen LogP contribution is 2.36. The number of alkyl halides is 6. The maximum absolute atomic E-state index is 13.5. The number of hydrogen-bond donors (Lipinski definition) is 1. The molecule has 0 saturated heterocycles. The van der Waals surface area contributed by atoms with Gasteiger partial charge in [0.15, 0.2) is 15.4 Å². The molecule has 160 valence electrons. The Bertz CT molecular complexity index is 1090. The second-order valence-electron chi connectivity index (χ2n) is 6.24. The molecule has 0 aliphatic rings. The lowest BCUT2D eigenvalue weighted by atomic mass is 10.0. The first-order valence-corrected chi connectivity index (χ1v) is 9.72. The lowest BCUT2D eigenvalue weighted by molar-refractivity contribution is -0.230. The quantitative estimate of drug-likeness (QED) is 0.689. The molecule has 0 aliphatic heterocycles. The number of benzene rings is 2. The summed E-state index contributed by atoms with van der Waals surface area (Å²) in [6.45, 7) is 0. The van der Waals surface area contributed by atoms with E-state index in [-0.39, 0.29) is 6.08 Å². The molecule has 0 heterocycles. The molecule has 0 spiro atoms. The molecule has 0 bridgehead atoms. The van der Waals surface area contributed by atoms with Crippen LogP contribution in [0.4, 0.5) is 26.3 Å². The van der Waals surface area contributed by atoms with Crippen molar-refractivity contribution in [3.63, 3.8) is 0 Å². The van der Waals surface area contributed by atoms with E-state index in [1.165, 1.54) is 24.3 Å². The van der Waals surface area contributed by atoms with E-state index in [1.807, 2.05) is 0 Å². The summed E-state index contributed by atoms with van der Waals surface area (Å²) in [4.78, 5) is -0.459. The molecule has 1 N–H and O–H groups in total. The number of hydrogen-bond acceptors (Lipinski definition) is 4. The molecule has 30 heavy (non-hydrogen) atoms. The summed E-state index contributed by atoms with van der Waals surface area (Å²) >= 11 is 0. The SMILES string of the molecule is N#Cc1ccc(/C=C/C(O)(CS(=O)(=O)c2ccccc2)C(F)(F)F)cc1C(F)(F)F. The van der Waals surface area contributed by atoms with Crippen LogP contribution in [0.5, 0.6) is 0 Å². The topological polar surface area (TPSA) is 78.2 Å². The van der Waals surface area contributed by atoms with Gasteiger partial charge in [0, 0.05) is 0 Å². The third-order valence-electron chi connectivity index (χ3n) is 4.02. The van der Waals surface area contributed by atoms with Crippen molar-refractivity contribution in [1.29, 1.82) is 5.26 Å². The molecule has 2 rings (SSSR count). The maximum Gasteiger partial charge on any atom is 0.421 e. The highest BCUT2D eigenvalue weighted by Gasteiger charge is 2.54. The second kappa shape index (κ2) is 8.12. The molecule has 0 aromatic heterocycles. The van der Waals surface area contributed by atoms with Crippen LogP contribution in [0.15, 0.2) is 59.5 Å².